The molecule has 1 saturated heterocycles. The highest BCUT2D eigenvalue weighted by atomic mass is 32.1. The number of anilines is 1. The Kier molecular flexibility index (Phi) is 5.41. The lowest BCUT2D eigenvalue weighted by Gasteiger charge is -2.31. The van der Waals surface area contributed by atoms with E-state index in [4.69, 9.17) is 17.3 Å². The van der Waals surface area contributed by atoms with Crippen molar-refractivity contribution in [2.24, 2.45) is 5.92 Å². The Hall–Kier alpha value is -1.99. The van der Waals surface area contributed by atoms with Gasteiger partial charge in [0, 0.05) is 24.7 Å². The number of piperidine rings is 1. The van der Waals surface area contributed by atoms with Crippen LogP contribution in [0.3, 0.4) is 0 Å². The summed E-state index contributed by atoms with van der Waals surface area (Å²) in [6, 6.07) is 9.67. The maximum atomic E-state index is 12.6. The Labute approximate surface area is 165 Å². The van der Waals surface area contributed by atoms with Crippen LogP contribution >= 0.6 is 12.2 Å². The fraction of sp³-hybridized carbons (Fsp3) is 0.550. The standard InChI is InChI=1S/C20H27N5OS/c1-2-24-18(15-10-11-15)22-25(20(24)27)14-23-12-6-7-16(13-23)19(26)21-17-8-4-3-5-9-17/h3-5,8-9,15-16H,2,6-7,10-14H2,1H3,(H,21,26). The van der Waals surface area contributed by atoms with E-state index in [0.717, 1.165) is 48.8 Å². The second kappa shape index (κ2) is 7.94. The minimum atomic E-state index is 0.00397. The second-order valence-corrected chi connectivity index (χ2v) is 7.94. The lowest BCUT2D eigenvalue weighted by atomic mass is 9.97. The Morgan fingerprint density at radius 1 is 1.26 bits per heavy atom. The van der Waals surface area contributed by atoms with Crippen LogP contribution < -0.4 is 5.32 Å². The van der Waals surface area contributed by atoms with E-state index in [2.05, 4.69) is 21.7 Å². The topological polar surface area (TPSA) is 55.1 Å². The van der Waals surface area contributed by atoms with Crippen molar-refractivity contribution in [3.05, 3.63) is 40.9 Å². The predicted octanol–water partition coefficient (Wildman–Crippen LogP) is 3.62. The van der Waals surface area contributed by atoms with Gasteiger partial charge in [-0.3, -0.25) is 9.69 Å². The molecule has 1 aromatic carbocycles. The van der Waals surface area contributed by atoms with Crippen molar-refractivity contribution >= 4 is 23.8 Å². The summed E-state index contributed by atoms with van der Waals surface area (Å²) in [5.41, 5.74) is 0.859. The summed E-state index contributed by atoms with van der Waals surface area (Å²) >= 11 is 5.65. The van der Waals surface area contributed by atoms with Gasteiger partial charge >= 0.3 is 0 Å². The lowest BCUT2D eigenvalue weighted by molar-refractivity contribution is -0.121. The van der Waals surface area contributed by atoms with Gasteiger partial charge in [0.2, 0.25) is 5.91 Å². The highest BCUT2D eigenvalue weighted by molar-refractivity contribution is 7.71. The van der Waals surface area contributed by atoms with Gasteiger partial charge in [0.1, 0.15) is 5.82 Å². The van der Waals surface area contributed by atoms with Gasteiger partial charge in [0.25, 0.3) is 0 Å². The van der Waals surface area contributed by atoms with Crippen LogP contribution in [0.1, 0.15) is 44.3 Å². The quantitative estimate of drug-likeness (QED) is 0.772. The van der Waals surface area contributed by atoms with Crippen molar-refractivity contribution in [3.63, 3.8) is 0 Å². The number of carbonyl (C=O) groups excluding carboxylic acids is 1. The summed E-state index contributed by atoms with van der Waals surface area (Å²) in [4.78, 5) is 15.0. The van der Waals surface area contributed by atoms with Crippen molar-refractivity contribution in [2.75, 3.05) is 18.4 Å². The fourth-order valence-electron chi connectivity index (χ4n) is 3.84. The van der Waals surface area contributed by atoms with Crippen molar-refractivity contribution in [2.45, 2.75) is 51.7 Å². The molecule has 144 valence electrons. The SMILES string of the molecule is CCn1c(C2CC2)nn(CN2CCCC(C(=O)Nc3ccccc3)C2)c1=S. The highest BCUT2D eigenvalue weighted by Gasteiger charge is 2.31. The average Bonchev–Trinajstić information content (AvgIpc) is 3.48. The molecular weight excluding hydrogens is 358 g/mol. The van der Waals surface area contributed by atoms with Gasteiger partial charge in [-0.1, -0.05) is 18.2 Å². The van der Waals surface area contributed by atoms with E-state index >= 15 is 0 Å². The van der Waals surface area contributed by atoms with Gasteiger partial charge in [0.15, 0.2) is 4.77 Å². The minimum absolute atomic E-state index is 0.00397. The van der Waals surface area contributed by atoms with Gasteiger partial charge in [-0.25, -0.2) is 4.68 Å². The number of hydrogen-bond donors (Lipinski definition) is 1. The summed E-state index contributed by atoms with van der Waals surface area (Å²) in [7, 11) is 0. The highest BCUT2D eigenvalue weighted by Crippen LogP contribution is 2.39. The van der Waals surface area contributed by atoms with E-state index in [1.807, 2.05) is 35.0 Å². The average molecular weight is 386 g/mol. The third kappa shape index (κ3) is 4.14. The molecular formula is C20H27N5OS. The van der Waals surface area contributed by atoms with E-state index in [1.165, 1.54) is 12.8 Å². The number of carbonyl (C=O) groups is 1. The Morgan fingerprint density at radius 2 is 2.04 bits per heavy atom. The van der Waals surface area contributed by atoms with Gasteiger partial charge < -0.3 is 9.88 Å². The monoisotopic (exact) mass is 385 g/mol. The van der Waals surface area contributed by atoms with Crippen LogP contribution in [0.25, 0.3) is 0 Å². The number of nitrogens with one attached hydrogen (secondary N) is 1. The number of nitrogens with zero attached hydrogens (tertiary/aromatic N) is 4. The molecule has 2 aromatic rings. The van der Waals surface area contributed by atoms with Crippen LogP contribution in [0.2, 0.25) is 0 Å². The maximum absolute atomic E-state index is 12.6. The van der Waals surface area contributed by atoms with Crippen molar-refractivity contribution in [1.82, 2.24) is 19.2 Å². The number of amides is 1. The zero-order valence-electron chi connectivity index (χ0n) is 15.8. The zero-order valence-corrected chi connectivity index (χ0v) is 16.6. The molecule has 1 amide bonds. The summed E-state index contributed by atoms with van der Waals surface area (Å²) in [5.74, 6) is 1.83. The Balaban J connectivity index is 1.41. The third-order valence-corrected chi connectivity index (χ3v) is 5.89. The number of likely N-dealkylation sites (tertiary alicyclic amines) is 1. The van der Waals surface area contributed by atoms with Gasteiger partial charge in [-0.05, 0) is 63.5 Å². The molecule has 0 radical (unpaired) electrons. The van der Waals surface area contributed by atoms with E-state index in [-0.39, 0.29) is 11.8 Å². The fourth-order valence-corrected chi connectivity index (χ4v) is 4.17. The first-order valence-electron chi connectivity index (χ1n) is 9.91. The van der Waals surface area contributed by atoms with E-state index in [0.29, 0.717) is 12.6 Å². The molecule has 1 aliphatic carbocycles. The molecule has 1 aliphatic heterocycles. The van der Waals surface area contributed by atoms with Crippen LogP contribution in [-0.2, 0) is 18.0 Å². The largest absolute Gasteiger partial charge is 0.326 e. The summed E-state index contributed by atoms with van der Waals surface area (Å²) in [6.07, 6.45) is 4.38. The lowest BCUT2D eigenvalue weighted by Crippen LogP contribution is -2.41. The van der Waals surface area contributed by atoms with Gasteiger partial charge in [0.05, 0.1) is 12.6 Å². The van der Waals surface area contributed by atoms with Crippen molar-refractivity contribution in [1.29, 1.82) is 0 Å². The van der Waals surface area contributed by atoms with Gasteiger partial charge in [-0.15, -0.1) is 0 Å². The van der Waals surface area contributed by atoms with Crippen LogP contribution in [0.5, 0.6) is 0 Å². The maximum Gasteiger partial charge on any atom is 0.228 e. The first-order valence-corrected chi connectivity index (χ1v) is 10.3. The van der Waals surface area contributed by atoms with E-state index < -0.39 is 0 Å². The predicted molar refractivity (Wildman–Crippen MR) is 108 cm³/mol. The van der Waals surface area contributed by atoms with Crippen LogP contribution in [0.15, 0.2) is 30.3 Å². The van der Waals surface area contributed by atoms with Crippen molar-refractivity contribution < 1.29 is 4.79 Å². The van der Waals surface area contributed by atoms with E-state index in [1.54, 1.807) is 0 Å². The van der Waals surface area contributed by atoms with Crippen LogP contribution in [-0.4, -0.2) is 38.2 Å². The molecule has 4 rings (SSSR count). The molecule has 2 fully saturated rings. The smallest absolute Gasteiger partial charge is 0.228 e. The molecule has 2 heterocycles. The molecule has 0 bridgehead atoms. The molecule has 1 unspecified atom stereocenters. The molecule has 7 heteroatoms. The molecule has 1 N–H and O–H groups in total. The first-order chi connectivity index (χ1) is 13.2. The number of hydrogen-bond acceptors (Lipinski definition) is 4. The third-order valence-electron chi connectivity index (χ3n) is 5.46. The Morgan fingerprint density at radius 3 is 2.74 bits per heavy atom. The first kappa shape index (κ1) is 18.4. The molecule has 27 heavy (non-hydrogen) atoms. The number of benzene rings is 1. The molecule has 1 aromatic heterocycles. The molecule has 2 aliphatic rings. The number of aromatic nitrogens is 3. The van der Waals surface area contributed by atoms with Gasteiger partial charge in [-0.2, -0.15) is 5.10 Å². The zero-order chi connectivity index (χ0) is 18.8. The van der Waals surface area contributed by atoms with Crippen molar-refractivity contribution in [3.8, 4) is 0 Å². The molecule has 1 atom stereocenters. The summed E-state index contributed by atoms with van der Waals surface area (Å²) in [5, 5.41) is 7.85. The van der Waals surface area contributed by atoms with Crippen LogP contribution in [0, 0.1) is 10.7 Å². The summed E-state index contributed by atoms with van der Waals surface area (Å²) < 4.78 is 4.91. The van der Waals surface area contributed by atoms with E-state index in [9.17, 15) is 4.79 Å². The minimum Gasteiger partial charge on any atom is -0.326 e. The molecule has 6 nitrogen and oxygen atoms in total. The molecule has 1 saturated carbocycles. The Bertz CT molecular complexity index is 855. The normalized spacial score (nSPS) is 20.6. The summed E-state index contributed by atoms with van der Waals surface area (Å²) in [6.45, 7) is 5.39. The molecule has 0 spiro atoms. The number of para-hydroxylation sites is 1. The second-order valence-electron chi connectivity index (χ2n) is 7.57. The van der Waals surface area contributed by atoms with Crippen LogP contribution in [0.4, 0.5) is 5.69 Å². The number of rotatable bonds is 6.